The first-order valence-corrected chi connectivity index (χ1v) is 7.06. The summed E-state index contributed by atoms with van der Waals surface area (Å²) in [6, 6.07) is 12.2. The number of nitrogens with zero attached hydrogens (tertiary/aromatic N) is 4. The van der Waals surface area contributed by atoms with E-state index in [-0.39, 0.29) is 0 Å². The Morgan fingerprint density at radius 3 is 2.12 bits per heavy atom. The molecule has 1 aromatic carbocycles. The van der Waals surface area contributed by atoms with Gasteiger partial charge < -0.3 is 14.2 Å². The van der Waals surface area contributed by atoms with E-state index in [1.165, 1.54) is 14.0 Å². The van der Waals surface area contributed by atoms with Gasteiger partial charge >= 0.3 is 0 Å². The molecule has 0 aromatic heterocycles. The highest BCUT2D eigenvalue weighted by Crippen LogP contribution is 2.68. The zero-order chi connectivity index (χ0) is 17.8. The van der Waals surface area contributed by atoms with Gasteiger partial charge in [0.15, 0.2) is 0 Å². The van der Waals surface area contributed by atoms with E-state index in [9.17, 15) is 21.0 Å². The van der Waals surface area contributed by atoms with E-state index >= 15 is 0 Å². The van der Waals surface area contributed by atoms with Crippen LogP contribution >= 0.6 is 0 Å². The van der Waals surface area contributed by atoms with Crippen molar-refractivity contribution in [3.63, 3.8) is 0 Å². The number of fused-ring (bicyclic) bond motifs is 3. The molecule has 0 saturated carbocycles. The van der Waals surface area contributed by atoms with Gasteiger partial charge in [-0.25, -0.2) is 0 Å². The van der Waals surface area contributed by atoms with Crippen molar-refractivity contribution in [2.75, 3.05) is 7.11 Å². The average Bonchev–Trinajstić information content (AvgIpc) is 2.91. The lowest BCUT2D eigenvalue weighted by Gasteiger charge is -2.35. The summed E-state index contributed by atoms with van der Waals surface area (Å²) in [6.45, 7) is 3.13. The van der Waals surface area contributed by atoms with Crippen LogP contribution in [0, 0.1) is 50.7 Å². The van der Waals surface area contributed by atoms with Crippen LogP contribution in [0.3, 0.4) is 0 Å². The van der Waals surface area contributed by atoms with Crippen LogP contribution in [0.4, 0.5) is 0 Å². The molecule has 0 aliphatic carbocycles. The Labute approximate surface area is 138 Å². The second-order valence-corrected chi connectivity index (χ2v) is 6.02. The number of rotatable bonds is 1. The van der Waals surface area contributed by atoms with E-state index in [1.54, 1.807) is 37.3 Å². The van der Waals surface area contributed by atoms with Gasteiger partial charge in [-0.15, -0.1) is 0 Å². The molecular weight excluding hydrogens is 308 g/mol. The maximum absolute atomic E-state index is 9.83. The fourth-order valence-electron chi connectivity index (χ4n) is 3.71. The van der Waals surface area contributed by atoms with Crippen molar-refractivity contribution in [2.45, 2.75) is 30.7 Å². The van der Waals surface area contributed by atoms with E-state index < -0.39 is 22.2 Å². The molecule has 24 heavy (non-hydrogen) atoms. The van der Waals surface area contributed by atoms with E-state index in [2.05, 4.69) is 0 Å². The minimum Gasteiger partial charge on any atom is -0.497 e. The smallest absolute Gasteiger partial charge is 0.277 e. The van der Waals surface area contributed by atoms with E-state index in [1.807, 2.05) is 12.1 Å². The Balaban J connectivity index is 2.40. The minimum absolute atomic E-state index is 0.388. The van der Waals surface area contributed by atoms with Crippen molar-refractivity contribution < 1.29 is 14.2 Å². The molecule has 0 radical (unpaired) electrons. The van der Waals surface area contributed by atoms with Gasteiger partial charge in [0.1, 0.15) is 23.6 Å². The molecule has 1 aromatic rings. The summed E-state index contributed by atoms with van der Waals surface area (Å²) in [6.07, 6.45) is 0. The number of ether oxygens (including phenoxy) is 3. The number of hydrogen-bond donors (Lipinski definition) is 0. The van der Waals surface area contributed by atoms with Crippen molar-refractivity contribution in [3.8, 4) is 35.8 Å². The lowest BCUT2D eigenvalue weighted by atomic mass is 9.55. The van der Waals surface area contributed by atoms with Gasteiger partial charge in [0.25, 0.3) is 5.60 Å². The Bertz CT molecular complexity index is 886. The summed E-state index contributed by atoms with van der Waals surface area (Å²) in [5.41, 5.74) is -5.17. The quantitative estimate of drug-likeness (QED) is 0.774. The molecular formula is C17H12N4O3. The maximum Gasteiger partial charge on any atom is 0.277 e. The highest BCUT2D eigenvalue weighted by Gasteiger charge is 2.83. The van der Waals surface area contributed by atoms with Gasteiger partial charge in [0.05, 0.1) is 24.7 Å². The zero-order valence-electron chi connectivity index (χ0n) is 13.2. The lowest BCUT2D eigenvalue weighted by Crippen LogP contribution is -2.53. The maximum atomic E-state index is 9.83. The summed E-state index contributed by atoms with van der Waals surface area (Å²) in [7, 11) is 1.50. The topological polar surface area (TPSA) is 123 Å². The first-order chi connectivity index (χ1) is 11.3. The van der Waals surface area contributed by atoms with E-state index in [0.717, 1.165) is 0 Å². The molecule has 2 aliphatic heterocycles. The summed E-state index contributed by atoms with van der Waals surface area (Å²) in [5, 5.41) is 38.8. The number of benzene rings is 1. The van der Waals surface area contributed by atoms with Crippen molar-refractivity contribution in [1.82, 2.24) is 0 Å². The molecule has 7 nitrogen and oxygen atoms in total. The molecule has 1 fully saturated rings. The molecule has 1 saturated heterocycles. The predicted molar refractivity (Wildman–Crippen MR) is 78.1 cm³/mol. The standard InChI is InChI=1S/C17H12N4O3/c1-14-12-5-4-11(22-3)6-13(12)23-15(14,2)24-17(9-20,10-21)16(14,7-18)8-19/h4-6H,1-3H3/t14-,15-/m0/s1. The number of methoxy groups -OCH3 is 1. The molecule has 2 heterocycles. The fourth-order valence-corrected chi connectivity index (χ4v) is 3.71. The zero-order valence-corrected chi connectivity index (χ0v) is 13.2. The van der Waals surface area contributed by atoms with Crippen LogP contribution in [-0.2, 0) is 10.2 Å². The van der Waals surface area contributed by atoms with Crippen LogP contribution in [0.1, 0.15) is 19.4 Å². The van der Waals surface area contributed by atoms with Crippen LogP contribution in [0.15, 0.2) is 18.2 Å². The summed E-state index contributed by atoms with van der Waals surface area (Å²) in [5.74, 6) is -0.607. The summed E-state index contributed by atoms with van der Waals surface area (Å²) >= 11 is 0. The van der Waals surface area contributed by atoms with Gasteiger partial charge in [-0.3, -0.25) is 0 Å². The molecule has 2 aliphatic rings. The fraction of sp³-hybridized carbons (Fsp3) is 0.412. The van der Waals surface area contributed by atoms with Crippen molar-refractivity contribution in [2.24, 2.45) is 5.41 Å². The summed E-state index contributed by atoms with van der Waals surface area (Å²) in [4.78, 5) is 0. The van der Waals surface area contributed by atoms with Gasteiger partial charge in [0.2, 0.25) is 11.2 Å². The number of nitriles is 4. The third kappa shape index (κ3) is 1.29. The highest BCUT2D eigenvalue weighted by molar-refractivity contribution is 5.60. The molecule has 0 spiro atoms. The van der Waals surface area contributed by atoms with E-state index in [0.29, 0.717) is 17.1 Å². The average molecular weight is 320 g/mol. The third-order valence-electron chi connectivity index (χ3n) is 5.22. The Morgan fingerprint density at radius 2 is 1.62 bits per heavy atom. The second-order valence-electron chi connectivity index (χ2n) is 6.02. The molecule has 118 valence electrons. The SMILES string of the molecule is COc1ccc2c(c1)O[C@@]1(C)OC(C#N)(C#N)C(C#N)(C#N)[C@@]21C. The van der Waals surface area contributed by atoms with Crippen molar-refractivity contribution in [1.29, 1.82) is 21.0 Å². The molecule has 3 rings (SSSR count). The van der Waals surface area contributed by atoms with Gasteiger partial charge in [-0.1, -0.05) is 6.07 Å². The second kappa shape index (κ2) is 4.39. The first-order valence-electron chi connectivity index (χ1n) is 7.06. The molecule has 0 bridgehead atoms. The molecule has 7 heteroatoms. The van der Waals surface area contributed by atoms with Crippen molar-refractivity contribution in [3.05, 3.63) is 23.8 Å². The summed E-state index contributed by atoms with van der Waals surface area (Å²) < 4.78 is 16.7. The van der Waals surface area contributed by atoms with Crippen LogP contribution in [0.25, 0.3) is 0 Å². The van der Waals surface area contributed by atoms with Crippen LogP contribution < -0.4 is 9.47 Å². The Morgan fingerprint density at radius 1 is 1.00 bits per heavy atom. The van der Waals surface area contributed by atoms with Crippen molar-refractivity contribution >= 4 is 0 Å². The molecule has 2 atom stereocenters. The van der Waals surface area contributed by atoms with Crippen LogP contribution in [0.5, 0.6) is 11.5 Å². The normalized spacial score (nSPS) is 30.5. The van der Waals surface area contributed by atoms with E-state index in [4.69, 9.17) is 14.2 Å². The number of hydrogen-bond acceptors (Lipinski definition) is 7. The Kier molecular flexibility index (Phi) is 2.86. The predicted octanol–water partition coefficient (Wildman–Crippen LogP) is 1.91. The molecule has 0 amide bonds. The van der Waals surface area contributed by atoms with Gasteiger partial charge in [-0.2, -0.15) is 21.0 Å². The minimum atomic E-state index is -2.27. The Hall–Kier alpha value is -3.26. The molecule has 0 N–H and O–H groups in total. The highest BCUT2D eigenvalue weighted by atomic mass is 16.7. The van der Waals surface area contributed by atoms with Crippen LogP contribution in [-0.4, -0.2) is 18.5 Å². The van der Waals surface area contributed by atoms with Gasteiger partial charge in [-0.05, 0) is 13.0 Å². The lowest BCUT2D eigenvalue weighted by molar-refractivity contribution is -0.176. The molecule has 0 unspecified atom stereocenters. The monoisotopic (exact) mass is 320 g/mol. The van der Waals surface area contributed by atoms with Crippen LogP contribution in [0.2, 0.25) is 0 Å². The largest absolute Gasteiger partial charge is 0.497 e. The first kappa shape index (κ1) is 15.6. The third-order valence-corrected chi connectivity index (χ3v) is 5.22. The van der Waals surface area contributed by atoms with Gasteiger partial charge in [0, 0.05) is 18.6 Å².